The van der Waals surface area contributed by atoms with Crippen LogP contribution in [0.1, 0.15) is 25.7 Å². The van der Waals surface area contributed by atoms with Gasteiger partial charge in [0.2, 0.25) is 0 Å². The third-order valence-electron chi connectivity index (χ3n) is 3.46. The van der Waals surface area contributed by atoms with Gasteiger partial charge in [0, 0.05) is 24.1 Å². The van der Waals surface area contributed by atoms with E-state index in [0.29, 0.717) is 18.5 Å². The molecule has 0 heterocycles. The monoisotopic (exact) mass is 289 g/mol. The predicted molar refractivity (Wildman–Crippen MR) is 70.9 cm³/mol. The van der Waals surface area contributed by atoms with Gasteiger partial charge in [-0.15, -0.1) is 0 Å². The molecule has 1 aliphatic carbocycles. The van der Waals surface area contributed by atoms with Crippen molar-refractivity contribution < 1.29 is 17.2 Å². The molecule has 0 radical (unpaired) electrons. The lowest BCUT2D eigenvalue weighted by atomic mass is 9.95. The molecular weight excluding hydrogens is 272 g/mol. The van der Waals surface area contributed by atoms with Crippen LogP contribution in [0.4, 0.5) is 14.5 Å². The zero-order chi connectivity index (χ0) is 14.0. The number of rotatable bonds is 3. The van der Waals surface area contributed by atoms with Gasteiger partial charge in [0.1, 0.15) is 21.5 Å². The highest BCUT2D eigenvalue weighted by atomic mass is 32.2. The van der Waals surface area contributed by atoms with Crippen LogP contribution < -0.4 is 5.32 Å². The second kappa shape index (κ2) is 5.45. The minimum absolute atomic E-state index is 0.0605. The number of halogens is 2. The molecule has 3 nitrogen and oxygen atoms in total. The fraction of sp³-hybridized carbons (Fsp3) is 0.538. The highest BCUT2D eigenvalue weighted by molar-refractivity contribution is 7.91. The number of hydrogen-bond acceptors (Lipinski definition) is 3. The number of hydrogen-bond donors (Lipinski definition) is 1. The lowest BCUT2D eigenvalue weighted by molar-refractivity contribution is 0.452. The minimum Gasteiger partial charge on any atom is -0.382 e. The van der Waals surface area contributed by atoms with E-state index >= 15 is 0 Å². The first kappa shape index (κ1) is 14.2. The number of benzene rings is 1. The van der Waals surface area contributed by atoms with E-state index in [1.807, 2.05) is 0 Å². The van der Waals surface area contributed by atoms with Crippen molar-refractivity contribution in [2.24, 2.45) is 0 Å². The number of sulfone groups is 1. The van der Waals surface area contributed by atoms with Gasteiger partial charge in [-0.25, -0.2) is 17.2 Å². The summed E-state index contributed by atoms with van der Waals surface area (Å²) in [6.45, 7) is 0. The average molecular weight is 289 g/mol. The fourth-order valence-corrected chi connectivity index (χ4v) is 3.71. The van der Waals surface area contributed by atoms with E-state index in [4.69, 9.17) is 0 Å². The maximum absolute atomic E-state index is 13.1. The first-order chi connectivity index (χ1) is 8.84. The zero-order valence-corrected chi connectivity index (χ0v) is 11.5. The standard InChI is InChI=1S/C13H17F2NO2S/c1-19(17,18)13-4-2-3-11(8-13)16-12-6-9(14)5-10(15)7-12/h5-7,11,13,16H,2-4,8H2,1H3. The average Bonchev–Trinajstić information content (AvgIpc) is 2.26. The molecule has 0 bridgehead atoms. The molecule has 1 aromatic carbocycles. The summed E-state index contributed by atoms with van der Waals surface area (Å²) in [5.74, 6) is -1.28. The molecule has 2 unspecified atom stereocenters. The molecule has 106 valence electrons. The van der Waals surface area contributed by atoms with Gasteiger partial charge in [0.05, 0.1) is 5.25 Å². The summed E-state index contributed by atoms with van der Waals surface area (Å²) in [5, 5.41) is 2.66. The molecule has 2 atom stereocenters. The van der Waals surface area contributed by atoms with E-state index < -0.39 is 21.5 Å². The largest absolute Gasteiger partial charge is 0.382 e. The number of anilines is 1. The second-order valence-electron chi connectivity index (χ2n) is 5.12. The van der Waals surface area contributed by atoms with E-state index in [-0.39, 0.29) is 11.3 Å². The van der Waals surface area contributed by atoms with Gasteiger partial charge in [0.15, 0.2) is 0 Å². The van der Waals surface area contributed by atoms with Crippen LogP contribution in [-0.4, -0.2) is 26.0 Å². The third-order valence-corrected chi connectivity index (χ3v) is 5.10. The molecule has 2 rings (SSSR count). The Morgan fingerprint density at radius 3 is 2.37 bits per heavy atom. The molecule has 0 saturated heterocycles. The van der Waals surface area contributed by atoms with Gasteiger partial charge in [-0.3, -0.25) is 0 Å². The highest BCUT2D eigenvalue weighted by Gasteiger charge is 2.28. The molecule has 1 aromatic rings. The van der Waals surface area contributed by atoms with Crippen molar-refractivity contribution in [1.82, 2.24) is 0 Å². The second-order valence-corrected chi connectivity index (χ2v) is 7.44. The molecule has 0 aliphatic heterocycles. The third kappa shape index (κ3) is 3.89. The smallest absolute Gasteiger partial charge is 0.150 e. The maximum Gasteiger partial charge on any atom is 0.150 e. The zero-order valence-electron chi connectivity index (χ0n) is 10.7. The van der Waals surface area contributed by atoms with Gasteiger partial charge in [0.25, 0.3) is 0 Å². The van der Waals surface area contributed by atoms with Crippen molar-refractivity contribution >= 4 is 15.5 Å². The fourth-order valence-electron chi connectivity index (χ4n) is 2.54. The normalized spacial score (nSPS) is 24.2. The highest BCUT2D eigenvalue weighted by Crippen LogP contribution is 2.26. The summed E-state index contributed by atoms with van der Waals surface area (Å²) >= 11 is 0. The van der Waals surface area contributed by atoms with Crippen molar-refractivity contribution in [3.05, 3.63) is 29.8 Å². The SMILES string of the molecule is CS(=O)(=O)C1CCCC(Nc2cc(F)cc(F)c2)C1. The summed E-state index contributed by atoms with van der Waals surface area (Å²) in [6.07, 6.45) is 3.99. The van der Waals surface area contributed by atoms with Crippen LogP contribution in [0.3, 0.4) is 0 Å². The van der Waals surface area contributed by atoms with Crippen molar-refractivity contribution in [3.8, 4) is 0 Å². The van der Waals surface area contributed by atoms with Crippen LogP contribution in [0, 0.1) is 11.6 Å². The minimum atomic E-state index is -3.06. The number of nitrogens with one attached hydrogen (secondary N) is 1. The molecule has 0 amide bonds. The van der Waals surface area contributed by atoms with Gasteiger partial charge >= 0.3 is 0 Å². The first-order valence-corrected chi connectivity index (χ1v) is 8.21. The molecule has 1 aliphatic rings. The predicted octanol–water partition coefficient (Wildman–Crippen LogP) is 2.73. The Bertz CT molecular complexity index is 540. The van der Waals surface area contributed by atoms with Crippen LogP contribution in [0.15, 0.2) is 18.2 Å². The summed E-state index contributed by atoms with van der Waals surface area (Å²) in [4.78, 5) is 0. The Labute approximate surface area is 111 Å². The van der Waals surface area contributed by atoms with E-state index in [1.54, 1.807) is 0 Å². The molecule has 1 N–H and O–H groups in total. The molecule has 0 spiro atoms. The maximum atomic E-state index is 13.1. The van der Waals surface area contributed by atoms with E-state index in [0.717, 1.165) is 18.9 Å². The summed E-state index contributed by atoms with van der Waals surface area (Å²) in [6, 6.07) is 3.18. The Hall–Kier alpha value is -1.17. The van der Waals surface area contributed by atoms with Crippen LogP contribution in [0.2, 0.25) is 0 Å². The Morgan fingerprint density at radius 1 is 1.16 bits per heavy atom. The molecule has 0 aromatic heterocycles. The lowest BCUT2D eigenvalue weighted by Gasteiger charge is -2.29. The van der Waals surface area contributed by atoms with Gasteiger partial charge < -0.3 is 5.32 Å². The van der Waals surface area contributed by atoms with Crippen LogP contribution in [0.5, 0.6) is 0 Å². The van der Waals surface area contributed by atoms with Crippen LogP contribution in [0.25, 0.3) is 0 Å². The van der Waals surface area contributed by atoms with Gasteiger partial charge in [-0.1, -0.05) is 6.42 Å². The summed E-state index contributed by atoms with van der Waals surface area (Å²) in [7, 11) is -3.06. The van der Waals surface area contributed by atoms with Crippen molar-refractivity contribution in [2.45, 2.75) is 37.0 Å². The van der Waals surface area contributed by atoms with E-state index in [2.05, 4.69) is 5.32 Å². The van der Waals surface area contributed by atoms with Crippen molar-refractivity contribution in [2.75, 3.05) is 11.6 Å². The Kier molecular flexibility index (Phi) is 4.08. The quantitative estimate of drug-likeness (QED) is 0.930. The Balaban J connectivity index is 2.06. The van der Waals surface area contributed by atoms with Crippen molar-refractivity contribution in [1.29, 1.82) is 0 Å². The molecular formula is C13H17F2NO2S. The molecule has 1 fully saturated rings. The first-order valence-electron chi connectivity index (χ1n) is 6.26. The van der Waals surface area contributed by atoms with Crippen LogP contribution in [-0.2, 0) is 9.84 Å². The molecule has 19 heavy (non-hydrogen) atoms. The molecule has 1 saturated carbocycles. The topological polar surface area (TPSA) is 46.2 Å². The van der Waals surface area contributed by atoms with E-state index in [9.17, 15) is 17.2 Å². The summed E-state index contributed by atoms with van der Waals surface area (Å²) < 4.78 is 49.2. The van der Waals surface area contributed by atoms with E-state index in [1.165, 1.54) is 18.4 Å². The van der Waals surface area contributed by atoms with Gasteiger partial charge in [-0.2, -0.15) is 0 Å². The summed E-state index contributed by atoms with van der Waals surface area (Å²) in [5.41, 5.74) is 0.358. The Morgan fingerprint density at radius 2 is 1.79 bits per heavy atom. The lowest BCUT2D eigenvalue weighted by Crippen LogP contribution is -2.34. The van der Waals surface area contributed by atoms with Crippen LogP contribution >= 0.6 is 0 Å². The van der Waals surface area contributed by atoms with Crippen molar-refractivity contribution in [3.63, 3.8) is 0 Å². The van der Waals surface area contributed by atoms with Gasteiger partial charge in [-0.05, 0) is 31.4 Å². The molecule has 6 heteroatoms.